The third-order valence-corrected chi connectivity index (χ3v) is 2.68. The molecule has 0 bridgehead atoms. The van der Waals surface area contributed by atoms with Gasteiger partial charge in [-0.2, -0.15) is 0 Å². The molecular formula is C11H15BrN2O3. The van der Waals surface area contributed by atoms with Crippen molar-refractivity contribution in [2.24, 2.45) is 0 Å². The summed E-state index contributed by atoms with van der Waals surface area (Å²) in [7, 11) is 0. The summed E-state index contributed by atoms with van der Waals surface area (Å²) in [4.78, 5) is 15.5. The second-order valence-electron chi connectivity index (χ2n) is 4.29. The molecule has 0 unspecified atom stereocenters. The Morgan fingerprint density at radius 1 is 1.65 bits per heavy atom. The van der Waals surface area contributed by atoms with Gasteiger partial charge in [0.15, 0.2) is 0 Å². The van der Waals surface area contributed by atoms with Crippen LogP contribution in [0.25, 0.3) is 0 Å². The molecule has 3 N–H and O–H groups in total. The molecule has 0 aliphatic heterocycles. The number of anilines is 1. The Morgan fingerprint density at radius 2 is 2.29 bits per heavy atom. The largest absolute Gasteiger partial charge is 0.462 e. The van der Waals surface area contributed by atoms with Crippen molar-refractivity contribution in [3.63, 3.8) is 0 Å². The number of halogens is 1. The van der Waals surface area contributed by atoms with Crippen molar-refractivity contribution in [3.05, 3.63) is 22.3 Å². The Bertz CT molecular complexity index is 416. The minimum Gasteiger partial charge on any atom is -0.462 e. The number of pyridine rings is 1. The number of hydrogen-bond donors (Lipinski definition) is 2. The summed E-state index contributed by atoms with van der Waals surface area (Å²) >= 11 is 3.19. The molecule has 0 spiro atoms. The van der Waals surface area contributed by atoms with E-state index in [4.69, 9.17) is 10.5 Å². The van der Waals surface area contributed by atoms with Gasteiger partial charge in [0, 0.05) is 12.6 Å². The minimum atomic E-state index is -0.852. The monoisotopic (exact) mass is 302 g/mol. The van der Waals surface area contributed by atoms with E-state index in [2.05, 4.69) is 20.9 Å². The Hall–Kier alpha value is -1.14. The maximum atomic E-state index is 11.7. The van der Waals surface area contributed by atoms with Gasteiger partial charge in [0.2, 0.25) is 0 Å². The lowest BCUT2D eigenvalue weighted by Crippen LogP contribution is -2.22. The van der Waals surface area contributed by atoms with Crippen LogP contribution in [0.4, 0.5) is 5.82 Å². The number of nitrogen functional groups attached to an aromatic ring is 1. The second kappa shape index (κ2) is 5.46. The summed E-state index contributed by atoms with van der Waals surface area (Å²) in [5, 5.41) is 9.47. The van der Waals surface area contributed by atoms with Crippen molar-refractivity contribution in [1.29, 1.82) is 0 Å². The number of carbonyl (C=O) groups is 1. The van der Waals surface area contributed by atoms with Crippen molar-refractivity contribution in [3.8, 4) is 0 Å². The quantitative estimate of drug-likeness (QED) is 0.828. The number of rotatable bonds is 4. The van der Waals surface area contributed by atoms with Gasteiger partial charge in [0.1, 0.15) is 5.82 Å². The van der Waals surface area contributed by atoms with Crippen LogP contribution in [0.2, 0.25) is 0 Å². The third kappa shape index (κ3) is 4.70. The van der Waals surface area contributed by atoms with Crippen LogP contribution in [-0.4, -0.2) is 28.3 Å². The van der Waals surface area contributed by atoms with Crippen LogP contribution in [0.3, 0.4) is 0 Å². The third-order valence-electron chi connectivity index (χ3n) is 2.04. The molecular weight excluding hydrogens is 288 g/mol. The van der Waals surface area contributed by atoms with E-state index in [0.29, 0.717) is 16.5 Å². The standard InChI is InChI=1S/C11H15BrN2O3/c1-11(2,16)3-4-17-10(15)7-5-9(13)14-6-8(7)12/h5-6,16H,3-4H2,1-2H3,(H2,13,14). The number of ether oxygens (including phenoxy) is 1. The maximum absolute atomic E-state index is 11.7. The molecule has 1 aromatic heterocycles. The molecule has 0 aliphatic rings. The van der Waals surface area contributed by atoms with E-state index in [9.17, 15) is 9.90 Å². The van der Waals surface area contributed by atoms with Gasteiger partial charge in [-0.1, -0.05) is 0 Å². The van der Waals surface area contributed by atoms with E-state index in [1.807, 2.05) is 0 Å². The van der Waals surface area contributed by atoms with Crippen molar-refractivity contribution in [2.45, 2.75) is 25.9 Å². The lowest BCUT2D eigenvalue weighted by molar-refractivity contribution is 0.0243. The number of aliphatic hydroxyl groups is 1. The number of aromatic nitrogens is 1. The molecule has 0 aromatic carbocycles. The number of nitrogens with two attached hydrogens (primary N) is 1. The van der Waals surface area contributed by atoms with Gasteiger partial charge in [-0.3, -0.25) is 0 Å². The average Bonchev–Trinajstić information content (AvgIpc) is 2.19. The Labute approximate surface area is 108 Å². The van der Waals surface area contributed by atoms with Gasteiger partial charge in [0.05, 0.1) is 22.2 Å². The van der Waals surface area contributed by atoms with E-state index in [1.165, 1.54) is 12.3 Å². The first-order valence-corrected chi connectivity index (χ1v) is 5.89. The Morgan fingerprint density at radius 3 is 2.88 bits per heavy atom. The van der Waals surface area contributed by atoms with Gasteiger partial charge in [0.25, 0.3) is 0 Å². The van der Waals surface area contributed by atoms with Gasteiger partial charge >= 0.3 is 5.97 Å². The van der Waals surface area contributed by atoms with Crippen LogP contribution in [0.5, 0.6) is 0 Å². The number of esters is 1. The van der Waals surface area contributed by atoms with Crippen LogP contribution in [-0.2, 0) is 4.74 Å². The highest BCUT2D eigenvalue weighted by Crippen LogP contribution is 2.18. The molecule has 6 heteroatoms. The summed E-state index contributed by atoms with van der Waals surface area (Å²) in [6, 6.07) is 1.44. The molecule has 0 saturated carbocycles. The topological polar surface area (TPSA) is 85.4 Å². The van der Waals surface area contributed by atoms with Crippen LogP contribution in [0, 0.1) is 0 Å². The van der Waals surface area contributed by atoms with Crippen molar-refractivity contribution in [2.75, 3.05) is 12.3 Å². The maximum Gasteiger partial charge on any atom is 0.339 e. The van der Waals surface area contributed by atoms with Gasteiger partial charge in [-0.25, -0.2) is 9.78 Å². The first-order valence-electron chi connectivity index (χ1n) is 5.10. The van der Waals surface area contributed by atoms with Crippen LogP contribution < -0.4 is 5.73 Å². The molecule has 0 radical (unpaired) electrons. The summed E-state index contributed by atoms with van der Waals surface area (Å²) in [5.41, 5.74) is 4.96. The zero-order chi connectivity index (χ0) is 13.1. The zero-order valence-corrected chi connectivity index (χ0v) is 11.3. The van der Waals surface area contributed by atoms with Gasteiger partial charge < -0.3 is 15.6 Å². The van der Waals surface area contributed by atoms with E-state index < -0.39 is 11.6 Å². The highest BCUT2D eigenvalue weighted by atomic mass is 79.9. The average molecular weight is 303 g/mol. The van der Waals surface area contributed by atoms with E-state index >= 15 is 0 Å². The normalized spacial score (nSPS) is 11.3. The molecule has 0 amide bonds. The lowest BCUT2D eigenvalue weighted by Gasteiger charge is -2.16. The molecule has 1 aromatic rings. The van der Waals surface area contributed by atoms with Crippen LogP contribution in [0.15, 0.2) is 16.7 Å². The fourth-order valence-corrected chi connectivity index (χ4v) is 1.46. The molecule has 0 atom stereocenters. The van der Waals surface area contributed by atoms with Gasteiger partial charge in [-0.05, 0) is 35.8 Å². The predicted octanol–water partition coefficient (Wildman–Crippen LogP) is 1.74. The molecule has 5 nitrogen and oxygen atoms in total. The summed E-state index contributed by atoms with van der Waals surface area (Å²) in [5.74, 6) is -0.238. The van der Waals surface area contributed by atoms with E-state index in [-0.39, 0.29) is 12.4 Å². The lowest BCUT2D eigenvalue weighted by atomic mass is 10.1. The minimum absolute atomic E-state index is 0.150. The fourth-order valence-electron chi connectivity index (χ4n) is 1.08. The van der Waals surface area contributed by atoms with E-state index in [0.717, 1.165) is 0 Å². The number of hydrogen-bond acceptors (Lipinski definition) is 5. The number of nitrogens with zero attached hydrogens (tertiary/aromatic N) is 1. The zero-order valence-electron chi connectivity index (χ0n) is 9.74. The van der Waals surface area contributed by atoms with Crippen LogP contribution in [0.1, 0.15) is 30.6 Å². The van der Waals surface area contributed by atoms with Crippen molar-refractivity contribution >= 4 is 27.7 Å². The molecule has 1 heterocycles. The molecule has 17 heavy (non-hydrogen) atoms. The number of carbonyl (C=O) groups excluding carboxylic acids is 1. The van der Waals surface area contributed by atoms with E-state index in [1.54, 1.807) is 13.8 Å². The highest BCUT2D eigenvalue weighted by molar-refractivity contribution is 9.10. The molecule has 94 valence electrons. The van der Waals surface area contributed by atoms with Crippen molar-refractivity contribution in [1.82, 2.24) is 4.98 Å². The highest BCUT2D eigenvalue weighted by Gasteiger charge is 2.16. The molecule has 1 rings (SSSR count). The summed E-state index contributed by atoms with van der Waals surface area (Å²) < 4.78 is 5.56. The molecule has 0 saturated heterocycles. The first-order chi connectivity index (χ1) is 7.79. The Kier molecular flexibility index (Phi) is 4.47. The SMILES string of the molecule is CC(C)(O)CCOC(=O)c1cc(N)ncc1Br. The van der Waals surface area contributed by atoms with Crippen molar-refractivity contribution < 1.29 is 14.6 Å². The molecule has 0 aliphatic carbocycles. The summed E-state index contributed by atoms with van der Waals surface area (Å²) in [6.07, 6.45) is 1.82. The van der Waals surface area contributed by atoms with Gasteiger partial charge in [-0.15, -0.1) is 0 Å². The summed E-state index contributed by atoms with van der Waals surface area (Å²) in [6.45, 7) is 3.46. The second-order valence-corrected chi connectivity index (χ2v) is 5.14. The first kappa shape index (κ1) is 13.9. The predicted molar refractivity (Wildman–Crippen MR) is 67.5 cm³/mol. The van der Waals surface area contributed by atoms with Crippen LogP contribution >= 0.6 is 15.9 Å². The fraction of sp³-hybridized carbons (Fsp3) is 0.455. The smallest absolute Gasteiger partial charge is 0.339 e. The molecule has 0 fully saturated rings. The Balaban J connectivity index is 2.61.